The summed E-state index contributed by atoms with van der Waals surface area (Å²) in [5.74, 6) is 0.836. The van der Waals surface area contributed by atoms with Gasteiger partial charge in [0.25, 0.3) is 0 Å². The number of nitrogens with zero attached hydrogens (tertiary/aromatic N) is 1. The highest BCUT2D eigenvalue weighted by atomic mass is 16.2. The van der Waals surface area contributed by atoms with E-state index in [1.54, 1.807) is 0 Å². The maximum atomic E-state index is 12.0. The molecule has 1 aliphatic carbocycles. The molecule has 15 heavy (non-hydrogen) atoms. The third-order valence-electron chi connectivity index (χ3n) is 3.27. The Kier molecular flexibility index (Phi) is 3.41. The Hall–Kier alpha value is -0.830. The van der Waals surface area contributed by atoms with Gasteiger partial charge in [-0.2, -0.15) is 0 Å². The van der Waals surface area contributed by atoms with Crippen LogP contribution in [0.25, 0.3) is 0 Å². The lowest BCUT2D eigenvalue weighted by molar-refractivity contribution is -0.133. The van der Waals surface area contributed by atoms with Crippen molar-refractivity contribution in [1.82, 2.24) is 10.2 Å². The fourth-order valence-electron chi connectivity index (χ4n) is 2.38. The summed E-state index contributed by atoms with van der Waals surface area (Å²) in [5.41, 5.74) is 0. The Labute approximate surface area is 91.5 Å². The van der Waals surface area contributed by atoms with Crippen LogP contribution in [0.2, 0.25) is 0 Å². The van der Waals surface area contributed by atoms with Crippen molar-refractivity contribution < 1.29 is 4.79 Å². The van der Waals surface area contributed by atoms with Crippen molar-refractivity contribution in [1.29, 1.82) is 0 Å². The van der Waals surface area contributed by atoms with Crippen molar-refractivity contribution in [2.24, 2.45) is 5.92 Å². The van der Waals surface area contributed by atoms with Gasteiger partial charge in [0.15, 0.2) is 0 Å². The molecule has 1 amide bonds. The molecule has 1 N–H and O–H groups in total. The van der Waals surface area contributed by atoms with Gasteiger partial charge in [0.2, 0.25) is 5.91 Å². The zero-order chi connectivity index (χ0) is 10.7. The van der Waals surface area contributed by atoms with Gasteiger partial charge in [-0.3, -0.25) is 4.79 Å². The van der Waals surface area contributed by atoms with Crippen molar-refractivity contribution in [3.63, 3.8) is 0 Å². The molecule has 0 radical (unpaired) electrons. The first kappa shape index (κ1) is 10.7. The van der Waals surface area contributed by atoms with Crippen LogP contribution in [0.5, 0.6) is 0 Å². The molecule has 3 nitrogen and oxygen atoms in total. The normalized spacial score (nSPS) is 30.9. The van der Waals surface area contributed by atoms with E-state index in [9.17, 15) is 4.79 Å². The number of hydrogen-bond acceptors (Lipinski definition) is 2. The van der Waals surface area contributed by atoms with Gasteiger partial charge in [0.1, 0.15) is 0 Å². The minimum absolute atomic E-state index is 0.333. The molecular formula is C12H20N2O. The first-order chi connectivity index (χ1) is 7.25. The molecule has 0 aromatic heterocycles. The number of hydrogen-bond donors (Lipinski definition) is 1. The van der Waals surface area contributed by atoms with E-state index in [4.69, 9.17) is 0 Å². The summed E-state index contributed by atoms with van der Waals surface area (Å²) in [6.07, 6.45) is 7.41. The second-order valence-electron chi connectivity index (χ2n) is 4.66. The number of rotatable bonds is 2. The average Bonchev–Trinajstić information content (AvgIpc) is 2.70. The van der Waals surface area contributed by atoms with Gasteiger partial charge in [0.05, 0.1) is 0 Å². The van der Waals surface area contributed by atoms with Crippen LogP contribution >= 0.6 is 0 Å². The molecular weight excluding hydrogens is 188 g/mol. The Morgan fingerprint density at radius 3 is 3.13 bits per heavy atom. The Bertz CT molecular complexity index is 262. The number of carbonyl (C=O) groups excluding carboxylic acids is 1. The molecule has 1 fully saturated rings. The lowest BCUT2D eigenvalue weighted by Crippen LogP contribution is -2.51. The molecule has 1 heterocycles. The predicted molar refractivity (Wildman–Crippen MR) is 60.5 cm³/mol. The van der Waals surface area contributed by atoms with Crippen LogP contribution in [0.4, 0.5) is 0 Å². The molecule has 0 aromatic carbocycles. The molecule has 0 spiro atoms. The van der Waals surface area contributed by atoms with Crippen molar-refractivity contribution in [2.45, 2.75) is 32.2 Å². The van der Waals surface area contributed by atoms with Gasteiger partial charge in [-0.1, -0.05) is 12.2 Å². The first-order valence-electron chi connectivity index (χ1n) is 5.93. The molecule has 0 aromatic rings. The summed E-state index contributed by atoms with van der Waals surface area (Å²) < 4.78 is 0. The molecule has 1 unspecified atom stereocenters. The van der Waals surface area contributed by atoms with E-state index >= 15 is 0 Å². The fraction of sp³-hybridized carbons (Fsp3) is 0.750. The third-order valence-corrected chi connectivity index (χ3v) is 3.27. The molecule has 0 saturated carbocycles. The quantitative estimate of drug-likeness (QED) is 0.691. The summed E-state index contributed by atoms with van der Waals surface area (Å²) in [7, 11) is 0. The van der Waals surface area contributed by atoms with Gasteiger partial charge in [0, 0.05) is 32.1 Å². The largest absolute Gasteiger partial charge is 0.340 e. The fourth-order valence-corrected chi connectivity index (χ4v) is 2.38. The molecule has 1 aliphatic heterocycles. The van der Waals surface area contributed by atoms with E-state index in [1.165, 1.54) is 0 Å². The van der Waals surface area contributed by atoms with E-state index in [-0.39, 0.29) is 0 Å². The third kappa shape index (κ3) is 2.81. The lowest BCUT2D eigenvalue weighted by Gasteiger charge is -2.32. The number of amides is 1. The maximum absolute atomic E-state index is 12.0. The highest BCUT2D eigenvalue weighted by molar-refractivity contribution is 5.76. The van der Waals surface area contributed by atoms with Crippen LogP contribution in [0, 0.1) is 5.92 Å². The van der Waals surface area contributed by atoms with Crippen molar-refractivity contribution in [2.75, 3.05) is 19.6 Å². The SMILES string of the molecule is C[C@@H]1CN(C(=O)CC2C=CCC2)CCN1. The van der Waals surface area contributed by atoms with Crippen LogP contribution in [0.3, 0.4) is 0 Å². The van der Waals surface area contributed by atoms with Crippen LogP contribution in [0.1, 0.15) is 26.2 Å². The number of allylic oxidation sites excluding steroid dienone is 2. The molecule has 2 aliphatic rings. The van der Waals surface area contributed by atoms with E-state index in [1.807, 2.05) is 4.90 Å². The number of carbonyl (C=O) groups is 1. The summed E-state index contributed by atoms with van der Waals surface area (Å²) in [6, 6.07) is 0.446. The van der Waals surface area contributed by atoms with Gasteiger partial charge < -0.3 is 10.2 Å². The first-order valence-corrected chi connectivity index (χ1v) is 5.93. The Morgan fingerprint density at radius 1 is 1.60 bits per heavy atom. The molecule has 3 heteroatoms. The summed E-state index contributed by atoms with van der Waals surface area (Å²) in [6.45, 7) is 4.82. The summed E-state index contributed by atoms with van der Waals surface area (Å²) in [4.78, 5) is 14.0. The smallest absolute Gasteiger partial charge is 0.223 e. The van der Waals surface area contributed by atoms with Crippen LogP contribution in [-0.2, 0) is 4.79 Å². The van der Waals surface area contributed by atoms with Crippen molar-refractivity contribution >= 4 is 5.91 Å². The van der Waals surface area contributed by atoms with E-state index in [0.29, 0.717) is 24.3 Å². The lowest BCUT2D eigenvalue weighted by atomic mass is 10.0. The van der Waals surface area contributed by atoms with Gasteiger partial charge in [-0.05, 0) is 25.7 Å². The maximum Gasteiger partial charge on any atom is 0.223 e. The monoisotopic (exact) mass is 208 g/mol. The Morgan fingerprint density at radius 2 is 2.47 bits per heavy atom. The second kappa shape index (κ2) is 4.79. The summed E-state index contributed by atoms with van der Waals surface area (Å²) >= 11 is 0. The minimum Gasteiger partial charge on any atom is -0.340 e. The molecule has 84 valence electrons. The summed E-state index contributed by atoms with van der Waals surface area (Å²) in [5, 5.41) is 3.35. The highest BCUT2D eigenvalue weighted by Crippen LogP contribution is 2.21. The van der Waals surface area contributed by atoms with Crippen LogP contribution < -0.4 is 5.32 Å². The number of nitrogens with one attached hydrogen (secondary N) is 1. The average molecular weight is 208 g/mol. The number of piperazine rings is 1. The second-order valence-corrected chi connectivity index (χ2v) is 4.66. The predicted octanol–water partition coefficient (Wildman–Crippen LogP) is 1.16. The molecule has 2 atom stereocenters. The van der Waals surface area contributed by atoms with Crippen LogP contribution in [-0.4, -0.2) is 36.5 Å². The molecule has 2 rings (SSSR count). The van der Waals surface area contributed by atoms with Gasteiger partial charge in [-0.25, -0.2) is 0 Å². The standard InChI is InChI=1S/C12H20N2O/c1-10-9-14(7-6-13-10)12(15)8-11-4-2-3-5-11/h2,4,10-11,13H,3,5-9H2,1H3/t10-,11?/m1/s1. The van der Waals surface area contributed by atoms with E-state index < -0.39 is 0 Å². The molecule has 0 bridgehead atoms. The zero-order valence-electron chi connectivity index (χ0n) is 9.41. The van der Waals surface area contributed by atoms with Crippen molar-refractivity contribution in [3.05, 3.63) is 12.2 Å². The van der Waals surface area contributed by atoms with Gasteiger partial charge >= 0.3 is 0 Å². The Balaban J connectivity index is 1.81. The van der Waals surface area contributed by atoms with Gasteiger partial charge in [-0.15, -0.1) is 0 Å². The van der Waals surface area contributed by atoms with Crippen molar-refractivity contribution in [3.8, 4) is 0 Å². The highest BCUT2D eigenvalue weighted by Gasteiger charge is 2.22. The zero-order valence-corrected chi connectivity index (χ0v) is 9.41. The topological polar surface area (TPSA) is 32.3 Å². The van der Waals surface area contributed by atoms with E-state index in [0.717, 1.165) is 32.5 Å². The minimum atomic E-state index is 0.333. The van der Waals surface area contributed by atoms with Crippen LogP contribution in [0.15, 0.2) is 12.2 Å². The van der Waals surface area contributed by atoms with E-state index in [2.05, 4.69) is 24.4 Å². The molecule has 1 saturated heterocycles.